The summed E-state index contributed by atoms with van der Waals surface area (Å²) in [6, 6.07) is -0.759. The second-order valence-electron chi connectivity index (χ2n) is 6.88. The number of hydrogen-bond acceptors (Lipinski definition) is 7. The lowest BCUT2D eigenvalue weighted by atomic mass is 9.99. The van der Waals surface area contributed by atoms with Crippen molar-refractivity contribution in [3.63, 3.8) is 0 Å². The minimum Gasteiger partial charge on any atom is -0.390 e. The van der Waals surface area contributed by atoms with Gasteiger partial charge in [0.15, 0.2) is 11.5 Å². The lowest BCUT2D eigenvalue weighted by Crippen LogP contribution is -2.54. The molecule has 0 aromatic carbocycles. The number of imide groups is 1. The van der Waals surface area contributed by atoms with Gasteiger partial charge in [0.25, 0.3) is 5.91 Å². The molecule has 3 amide bonds. The maximum absolute atomic E-state index is 13.0. The molecule has 2 rings (SSSR count). The van der Waals surface area contributed by atoms with E-state index in [0.717, 1.165) is 4.90 Å². The first-order valence-corrected chi connectivity index (χ1v) is 9.13. The first-order valence-electron chi connectivity index (χ1n) is 9.13. The summed E-state index contributed by atoms with van der Waals surface area (Å²) in [6.45, 7) is 2.50. The Kier molecular flexibility index (Phi) is 7.37. The van der Waals surface area contributed by atoms with E-state index in [2.05, 4.69) is 10.3 Å². The maximum Gasteiger partial charge on any atom is 0.283 e. The maximum atomic E-state index is 13.0. The normalized spacial score (nSPS) is 23.9. The molecule has 9 nitrogen and oxygen atoms in total. The van der Waals surface area contributed by atoms with Gasteiger partial charge in [0.05, 0.1) is 12.1 Å². The summed E-state index contributed by atoms with van der Waals surface area (Å²) in [5.74, 6) is -2.87. The third-order valence-corrected chi connectivity index (χ3v) is 4.83. The standard InChI is InChI=1S/C18H26N4O5/c1-11(17(19)26)6-7-15(25)22(12-4-2-8-20-10-14(12)24)18(27)16-13(23)5-3-9-21-16/h3,9,11-12,14,20,24H,2,4-8,10H2,1H3,(H2,19,26)/t11?,12?,14-/m0/s1. The van der Waals surface area contributed by atoms with E-state index in [1.807, 2.05) is 0 Å². The van der Waals surface area contributed by atoms with Gasteiger partial charge in [-0.15, -0.1) is 0 Å². The van der Waals surface area contributed by atoms with Gasteiger partial charge in [-0.1, -0.05) is 13.0 Å². The van der Waals surface area contributed by atoms with Crippen LogP contribution in [-0.4, -0.2) is 64.5 Å². The Labute approximate surface area is 157 Å². The molecule has 3 atom stereocenters. The number of aliphatic imine (C=N–C) groups is 1. The van der Waals surface area contributed by atoms with Crippen molar-refractivity contribution in [2.45, 2.75) is 51.2 Å². The number of rotatable bonds is 6. The van der Waals surface area contributed by atoms with E-state index in [0.29, 0.717) is 19.4 Å². The van der Waals surface area contributed by atoms with Crippen LogP contribution in [-0.2, 0) is 19.2 Å². The van der Waals surface area contributed by atoms with Crippen molar-refractivity contribution >= 4 is 29.2 Å². The fourth-order valence-electron chi connectivity index (χ4n) is 3.11. The van der Waals surface area contributed by atoms with Gasteiger partial charge in [-0.3, -0.25) is 24.1 Å². The highest BCUT2D eigenvalue weighted by Crippen LogP contribution is 2.19. The van der Waals surface area contributed by atoms with E-state index in [1.54, 1.807) is 6.92 Å². The molecule has 2 aliphatic rings. The van der Waals surface area contributed by atoms with Gasteiger partial charge in [-0.05, 0) is 25.8 Å². The van der Waals surface area contributed by atoms with Crippen LogP contribution in [0.3, 0.4) is 0 Å². The van der Waals surface area contributed by atoms with Crippen LogP contribution in [0.5, 0.6) is 0 Å². The molecule has 0 aliphatic carbocycles. The average Bonchev–Trinajstić information content (AvgIpc) is 2.84. The molecule has 148 valence electrons. The number of carbonyl (C=O) groups excluding carboxylic acids is 4. The molecule has 2 aliphatic heterocycles. The number of carbonyl (C=O) groups is 4. The number of nitrogens with zero attached hydrogens (tertiary/aromatic N) is 2. The molecule has 1 saturated heterocycles. The summed E-state index contributed by atoms with van der Waals surface area (Å²) in [7, 11) is 0. The first kappa shape index (κ1) is 20.9. The number of aliphatic hydroxyl groups is 1. The zero-order valence-corrected chi connectivity index (χ0v) is 15.4. The topological polar surface area (TPSA) is 142 Å². The molecular formula is C18H26N4O5. The monoisotopic (exact) mass is 378 g/mol. The van der Waals surface area contributed by atoms with E-state index in [4.69, 9.17) is 5.73 Å². The van der Waals surface area contributed by atoms with E-state index in [-0.39, 0.29) is 31.5 Å². The van der Waals surface area contributed by atoms with E-state index < -0.39 is 41.6 Å². The molecule has 2 unspecified atom stereocenters. The summed E-state index contributed by atoms with van der Waals surface area (Å²) in [4.78, 5) is 53.9. The Morgan fingerprint density at radius 2 is 2.19 bits per heavy atom. The van der Waals surface area contributed by atoms with Crippen LogP contribution in [0.25, 0.3) is 0 Å². The van der Waals surface area contributed by atoms with Crippen LogP contribution in [0, 0.1) is 5.92 Å². The molecule has 27 heavy (non-hydrogen) atoms. The molecule has 0 spiro atoms. The number of Topliss-reactive ketones (excluding diaryl/α,β-unsaturated/α-hetero) is 1. The fraction of sp³-hybridized carbons (Fsp3) is 0.611. The summed E-state index contributed by atoms with van der Waals surface area (Å²) in [5, 5.41) is 13.5. The van der Waals surface area contributed by atoms with Gasteiger partial charge in [0.1, 0.15) is 0 Å². The first-order chi connectivity index (χ1) is 12.8. The predicted octanol–water partition coefficient (Wildman–Crippen LogP) is -0.716. The van der Waals surface area contributed by atoms with Crippen molar-refractivity contribution in [1.82, 2.24) is 10.2 Å². The van der Waals surface area contributed by atoms with Crippen molar-refractivity contribution < 1.29 is 24.3 Å². The quantitative estimate of drug-likeness (QED) is 0.557. The lowest BCUT2D eigenvalue weighted by Gasteiger charge is -2.32. The number of nitrogens with one attached hydrogen (secondary N) is 1. The van der Waals surface area contributed by atoms with E-state index >= 15 is 0 Å². The molecule has 0 aromatic rings. The molecule has 0 saturated carbocycles. The number of amides is 3. The molecule has 0 bridgehead atoms. The second kappa shape index (κ2) is 9.52. The number of hydrogen-bond donors (Lipinski definition) is 3. The predicted molar refractivity (Wildman–Crippen MR) is 97.5 cm³/mol. The van der Waals surface area contributed by atoms with Crippen molar-refractivity contribution in [2.75, 3.05) is 13.1 Å². The van der Waals surface area contributed by atoms with E-state index in [9.17, 15) is 24.3 Å². The van der Waals surface area contributed by atoms with Gasteiger partial charge in [-0.25, -0.2) is 4.99 Å². The summed E-state index contributed by atoms with van der Waals surface area (Å²) >= 11 is 0. The number of nitrogens with two attached hydrogens (primary N) is 1. The smallest absolute Gasteiger partial charge is 0.283 e. The zero-order valence-electron chi connectivity index (χ0n) is 15.4. The number of β-amino-alcohol motifs (C(OH)–C–C–N with tert-alkyl or cyclic N) is 1. The highest BCUT2D eigenvalue weighted by Gasteiger charge is 2.38. The van der Waals surface area contributed by atoms with Crippen molar-refractivity contribution in [3.05, 3.63) is 12.3 Å². The van der Waals surface area contributed by atoms with Crippen LogP contribution in [0.15, 0.2) is 17.3 Å². The number of aliphatic hydroxyl groups excluding tert-OH is 1. The van der Waals surface area contributed by atoms with Crippen LogP contribution in [0.4, 0.5) is 0 Å². The van der Waals surface area contributed by atoms with Gasteiger partial charge in [0.2, 0.25) is 11.8 Å². The summed E-state index contributed by atoms with van der Waals surface area (Å²) in [5.41, 5.74) is 4.92. The Balaban J connectivity index is 2.26. The van der Waals surface area contributed by atoms with Gasteiger partial charge < -0.3 is 16.2 Å². The van der Waals surface area contributed by atoms with Crippen LogP contribution < -0.4 is 11.1 Å². The Morgan fingerprint density at radius 1 is 1.44 bits per heavy atom. The second-order valence-corrected chi connectivity index (χ2v) is 6.88. The lowest BCUT2D eigenvalue weighted by molar-refractivity contribution is -0.147. The molecule has 0 aromatic heterocycles. The SMILES string of the molecule is CC(CCC(=O)N(C(=O)C1=NC=CCC1=O)C1CCCNC[C@@H]1O)C(N)=O. The molecule has 2 heterocycles. The third-order valence-electron chi connectivity index (χ3n) is 4.83. The minimum atomic E-state index is -0.955. The average molecular weight is 378 g/mol. The van der Waals surface area contributed by atoms with Crippen LogP contribution in [0.1, 0.15) is 39.0 Å². The molecule has 0 radical (unpaired) electrons. The number of ketones is 1. The fourth-order valence-corrected chi connectivity index (χ4v) is 3.11. The molecule has 4 N–H and O–H groups in total. The molecular weight excluding hydrogens is 352 g/mol. The summed E-state index contributed by atoms with van der Waals surface area (Å²) < 4.78 is 0. The number of allylic oxidation sites excluding steroid dienone is 1. The van der Waals surface area contributed by atoms with Crippen molar-refractivity contribution in [1.29, 1.82) is 0 Å². The van der Waals surface area contributed by atoms with Crippen molar-refractivity contribution in [2.24, 2.45) is 16.6 Å². The Bertz CT molecular complexity index is 673. The Hall–Kier alpha value is -2.39. The zero-order chi connectivity index (χ0) is 20.0. The van der Waals surface area contributed by atoms with Gasteiger partial charge >= 0.3 is 0 Å². The van der Waals surface area contributed by atoms with Crippen LogP contribution >= 0.6 is 0 Å². The largest absolute Gasteiger partial charge is 0.390 e. The highest BCUT2D eigenvalue weighted by atomic mass is 16.3. The van der Waals surface area contributed by atoms with Gasteiger partial charge in [-0.2, -0.15) is 0 Å². The van der Waals surface area contributed by atoms with E-state index in [1.165, 1.54) is 12.3 Å². The van der Waals surface area contributed by atoms with Crippen molar-refractivity contribution in [3.8, 4) is 0 Å². The third kappa shape index (κ3) is 5.30. The molecule has 9 heteroatoms. The summed E-state index contributed by atoms with van der Waals surface area (Å²) in [6.07, 6.45) is 3.14. The van der Waals surface area contributed by atoms with Gasteiger partial charge in [0, 0.05) is 31.5 Å². The molecule has 1 fully saturated rings. The highest BCUT2D eigenvalue weighted by molar-refractivity contribution is 6.66. The van der Waals surface area contributed by atoms with Crippen LogP contribution in [0.2, 0.25) is 0 Å². The number of primary amides is 1. The Morgan fingerprint density at radius 3 is 2.85 bits per heavy atom. The minimum absolute atomic E-state index is 0.0418.